The van der Waals surface area contributed by atoms with Crippen molar-refractivity contribution >= 4 is 46.6 Å². The van der Waals surface area contributed by atoms with E-state index in [1.54, 1.807) is 34.3 Å². The van der Waals surface area contributed by atoms with Gasteiger partial charge in [-0.15, -0.1) is 21.5 Å². The van der Waals surface area contributed by atoms with Gasteiger partial charge in [0.05, 0.1) is 40.1 Å². The Morgan fingerprint density at radius 1 is 0.967 bits per heavy atom. The monoisotopic (exact) mass is 841 g/mol. The van der Waals surface area contributed by atoms with Gasteiger partial charge in [-0.25, -0.2) is 0 Å². The number of aryl methyl sites for hydroxylation is 2. The third-order valence-electron chi connectivity index (χ3n) is 11.4. The second-order valence-corrected chi connectivity index (χ2v) is 16.4. The average Bonchev–Trinajstić information content (AvgIpc) is 3.99. The molecule has 7 heterocycles. The van der Waals surface area contributed by atoms with Crippen LogP contribution in [0.1, 0.15) is 85.2 Å². The van der Waals surface area contributed by atoms with Crippen LogP contribution in [0.5, 0.6) is 0 Å². The first-order chi connectivity index (χ1) is 29.7. The Morgan fingerprint density at radius 3 is 2.62 bits per heavy atom. The summed E-state index contributed by atoms with van der Waals surface area (Å²) in [6, 6.07) is 14.5. The van der Waals surface area contributed by atoms with Crippen molar-refractivity contribution < 1.29 is 33.4 Å². The minimum Gasteiger partial charge on any atom is -0.464 e. The van der Waals surface area contributed by atoms with Gasteiger partial charge >= 0.3 is 5.97 Å². The lowest BCUT2D eigenvalue weighted by atomic mass is 10.0. The first kappa shape index (κ1) is 40.0. The highest BCUT2D eigenvalue weighted by Gasteiger charge is 2.46. The van der Waals surface area contributed by atoms with Crippen LogP contribution in [0.2, 0.25) is 0 Å². The van der Waals surface area contributed by atoms with E-state index < -0.39 is 29.7 Å². The summed E-state index contributed by atoms with van der Waals surface area (Å²) in [4.78, 5) is 69.9. The molecule has 0 aliphatic carbocycles. The number of amides is 4. The van der Waals surface area contributed by atoms with Gasteiger partial charge in [0.25, 0.3) is 11.8 Å². The number of aromatic nitrogens is 5. The van der Waals surface area contributed by atoms with Crippen LogP contribution >= 0.6 is 11.3 Å². The summed E-state index contributed by atoms with van der Waals surface area (Å²) in [5.41, 5.74) is 5.42. The van der Waals surface area contributed by atoms with Crippen LogP contribution in [0.3, 0.4) is 0 Å². The van der Waals surface area contributed by atoms with E-state index in [2.05, 4.69) is 59.0 Å². The van der Waals surface area contributed by atoms with Crippen LogP contribution in [0.15, 0.2) is 60.9 Å². The fourth-order valence-corrected chi connectivity index (χ4v) is 9.56. The molecule has 5 aromatic rings. The maximum Gasteiger partial charge on any atom is 0.305 e. The number of piperazine rings is 1. The molecule has 0 saturated carbocycles. The number of anilines is 1. The van der Waals surface area contributed by atoms with Gasteiger partial charge in [-0.2, -0.15) is 5.10 Å². The largest absolute Gasteiger partial charge is 0.464 e. The first-order valence-electron chi connectivity index (χ1n) is 20.4. The normalized spacial score (nSPS) is 17.6. The Bertz CT molecular complexity index is 2600. The second kappa shape index (κ2) is 17.2. The molecular weight excluding hydrogens is 799 g/mol. The molecule has 4 amide bonds. The molecule has 0 spiro atoms. The molecule has 2 saturated heterocycles. The number of imide groups is 2. The average molecular weight is 842 g/mol. The summed E-state index contributed by atoms with van der Waals surface area (Å²) in [6.07, 6.45) is 5.35. The quantitative estimate of drug-likeness (QED) is 0.117. The van der Waals surface area contributed by atoms with E-state index in [4.69, 9.17) is 9.47 Å². The van der Waals surface area contributed by atoms with Gasteiger partial charge in [0, 0.05) is 63.9 Å². The Kier molecular flexibility index (Phi) is 11.3. The van der Waals surface area contributed by atoms with Gasteiger partial charge < -0.3 is 14.4 Å². The third kappa shape index (κ3) is 8.21. The van der Waals surface area contributed by atoms with Crippen LogP contribution in [-0.2, 0) is 50.0 Å². The fraction of sp³-hybridized carbons (Fsp3) is 0.364. The lowest BCUT2D eigenvalue weighted by molar-refractivity contribution is -0.144. The molecule has 3 aromatic heterocycles. The SMILES string of the molecule is Cc1nnc2n1-c1sc(C#Cc3cnn(CCCC(=O)OCCN4CCN(c5cccc6c5C(=O)N(C5CCC(=O)NC5=O)C6=O)CC4)c3)c(Cc3ccccc3)c1COC2. The molecule has 0 bridgehead atoms. The van der Waals surface area contributed by atoms with Crippen molar-refractivity contribution in [1.29, 1.82) is 0 Å². The molecule has 17 heteroatoms. The molecule has 312 valence electrons. The van der Waals surface area contributed by atoms with Crippen molar-refractivity contribution in [1.82, 2.24) is 39.7 Å². The van der Waals surface area contributed by atoms with Crippen LogP contribution < -0.4 is 10.2 Å². The van der Waals surface area contributed by atoms with Crippen LogP contribution in [0.25, 0.3) is 5.00 Å². The van der Waals surface area contributed by atoms with Gasteiger partial charge in [0.15, 0.2) is 5.82 Å². The lowest BCUT2D eigenvalue weighted by Crippen LogP contribution is -2.54. The summed E-state index contributed by atoms with van der Waals surface area (Å²) >= 11 is 1.63. The Hall–Kier alpha value is -6.48. The second-order valence-electron chi connectivity index (χ2n) is 15.4. The molecule has 9 rings (SSSR count). The van der Waals surface area contributed by atoms with Crippen molar-refractivity contribution in [3.8, 4) is 16.8 Å². The zero-order valence-corrected chi connectivity index (χ0v) is 34.4. The molecule has 2 fully saturated rings. The number of fused-ring (bicyclic) bond motifs is 4. The van der Waals surface area contributed by atoms with E-state index in [-0.39, 0.29) is 43.0 Å². The van der Waals surface area contributed by atoms with Gasteiger partial charge in [-0.05, 0) is 49.4 Å². The minimum atomic E-state index is -1.01. The number of benzene rings is 2. The maximum absolute atomic E-state index is 13.6. The molecule has 61 heavy (non-hydrogen) atoms. The molecular formula is C44H43N9O7S. The number of carbonyl (C=O) groups excluding carboxylic acids is 5. The van der Waals surface area contributed by atoms with Gasteiger partial charge in [-0.1, -0.05) is 48.2 Å². The number of hydrogen-bond donors (Lipinski definition) is 1. The molecule has 0 radical (unpaired) electrons. The van der Waals surface area contributed by atoms with Crippen LogP contribution in [0, 0.1) is 18.8 Å². The highest BCUT2D eigenvalue weighted by Crippen LogP contribution is 2.37. The fourth-order valence-electron chi connectivity index (χ4n) is 8.31. The van der Waals surface area contributed by atoms with Crippen molar-refractivity contribution in [2.45, 2.75) is 64.8 Å². The van der Waals surface area contributed by atoms with Crippen molar-refractivity contribution in [3.63, 3.8) is 0 Å². The first-order valence-corrected chi connectivity index (χ1v) is 21.2. The Labute approximate surface area is 355 Å². The Morgan fingerprint density at radius 2 is 1.80 bits per heavy atom. The number of carbonyl (C=O) groups is 5. The van der Waals surface area contributed by atoms with E-state index in [1.165, 1.54) is 5.56 Å². The number of thiophene rings is 1. The van der Waals surface area contributed by atoms with Gasteiger partial charge in [0.1, 0.15) is 30.1 Å². The van der Waals surface area contributed by atoms with Crippen molar-refractivity contribution in [2.75, 3.05) is 44.2 Å². The molecule has 4 aliphatic rings. The number of piperidine rings is 1. The third-order valence-corrected chi connectivity index (χ3v) is 12.6. The number of ether oxygens (including phenoxy) is 2. The summed E-state index contributed by atoms with van der Waals surface area (Å²) < 4.78 is 15.5. The van der Waals surface area contributed by atoms with Gasteiger partial charge in [-0.3, -0.25) is 48.3 Å². The molecule has 16 nitrogen and oxygen atoms in total. The number of rotatable bonds is 11. The van der Waals surface area contributed by atoms with E-state index in [0.717, 1.165) is 49.5 Å². The molecule has 4 aliphatic heterocycles. The highest BCUT2D eigenvalue weighted by atomic mass is 32.1. The topological polar surface area (TPSA) is 174 Å². The number of nitrogens with one attached hydrogen (secondary N) is 1. The lowest BCUT2D eigenvalue weighted by Gasteiger charge is -2.36. The number of nitrogens with zero attached hydrogens (tertiary/aromatic N) is 8. The van der Waals surface area contributed by atoms with Gasteiger partial charge in [0.2, 0.25) is 11.8 Å². The summed E-state index contributed by atoms with van der Waals surface area (Å²) in [7, 11) is 0. The van der Waals surface area contributed by atoms with E-state index in [0.29, 0.717) is 64.6 Å². The molecule has 1 atom stereocenters. The summed E-state index contributed by atoms with van der Waals surface area (Å²) in [5.74, 6) is 5.97. The zero-order chi connectivity index (χ0) is 42.0. The standard InChI is InChI=1S/C44H43N9O7S/c1-28-47-48-37-27-59-26-33-32(23-29-7-3-2-4-8-29)36(61-44(33)52(28)37)14-12-30-24-45-51(25-30)16-6-11-39(55)60-22-21-49-17-19-50(20-18-49)34-10-5-9-31-40(34)43(58)53(42(31)57)35-13-15-38(54)46-41(35)56/h2-5,7-10,24-25,35H,6,11,13,15-23,26-27H2,1H3,(H,46,54,56). The maximum atomic E-state index is 13.6. The molecule has 1 unspecified atom stereocenters. The zero-order valence-electron chi connectivity index (χ0n) is 33.6. The highest BCUT2D eigenvalue weighted by molar-refractivity contribution is 7.15. The van der Waals surface area contributed by atoms with E-state index in [9.17, 15) is 24.0 Å². The molecule has 1 N–H and O–H groups in total. The number of hydrogen-bond acceptors (Lipinski definition) is 13. The van der Waals surface area contributed by atoms with E-state index >= 15 is 0 Å². The predicted octanol–water partition coefficient (Wildman–Crippen LogP) is 3.40. The minimum absolute atomic E-state index is 0.0667. The van der Waals surface area contributed by atoms with Crippen molar-refractivity contribution in [2.24, 2.45) is 0 Å². The van der Waals surface area contributed by atoms with Crippen LogP contribution in [-0.4, -0.2) is 109 Å². The predicted molar refractivity (Wildman–Crippen MR) is 222 cm³/mol. The van der Waals surface area contributed by atoms with Crippen LogP contribution in [0.4, 0.5) is 5.69 Å². The number of esters is 1. The summed E-state index contributed by atoms with van der Waals surface area (Å²) in [6.45, 7) is 6.74. The molecule has 2 aromatic carbocycles. The van der Waals surface area contributed by atoms with Crippen molar-refractivity contribution in [3.05, 3.63) is 111 Å². The smallest absolute Gasteiger partial charge is 0.305 e. The Balaban J connectivity index is 0.745. The summed E-state index contributed by atoms with van der Waals surface area (Å²) in [5, 5.41) is 16.4. The van der Waals surface area contributed by atoms with E-state index in [1.807, 2.05) is 37.4 Å².